The first kappa shape index (κ1) is 21.3. The van der Waals surface area contributed by atoms with Crippen molar-refractivity contribution in [3.8, 4) is 11.4 Å². The van der Waals surface area contributed by atoms with Gasteiger partial charge in [0.05, 0.1) is 18.3 Å². The van der Waals surface area contributed by atoms with E-state index in [0.29, 0.717) is 32.9 Å². The fourth-order valence-corrected chi connectivity index (χ4v) is 4.25. The van der Waals surface area contributed by atoms with Crippen molar-refractivity contribution in [2.75, 3.05) is 12.4 Å². The number of ketones is 1. The largest absolute Gasteiger partial charge is 0.495 e. The van der Waals surface area contributed by atoms with Crippen LogP contribution >= 0.6 is 11.3 Å². The number of thiophene rings is 1. The van der Waals surface area contributed by atoms with Crippen molar-refractivity contribution in [1.29, 1.82) is 0 Å². The van der Waals surface area contributed by atoms with Gasteiger partial charge >= 0.3 is 5.69 Å². The average Bonchev–Trinajstić information content (AvgIpc) is 3.27. The van der Waals surface area contributed by atoms with Gasteiger partial charge in [-0.1, -0.05) is 24.3 Å². The van der Waals surface area contributed by atoms with E-state index in [1.54, 1.807) is 60.0 Å². The normalized spacial score (nSPS) is 10.8. The van der Waals surface area contributed by atoms with E-state index >= 15 is 0 Å². The second-order valence-electron chi connectivity index (χ2n) is 7.00. The van der Waals surface area contributed by atoms with E-state index < -0.39 is 17.2 Å². The number of Topliss-reactive ketones (excluding diaryl/α,β-unsaturated/α-hetero) is 1. The maximum Gasteiger partial charge on any atom is 0.336 e. The Bertz CT molecular complexity index is 1460. The highest BCUT2D eigenvalue weighted by Gasteiger charge is 2.19. The van der Waals surface area contributed by atoms with Crippen molar-refractivity contribution in [3.05, 3.63) is 86.4 Å². The minimum atomic E-state index is -0.655. The summed E-state index contributed by atoms with van der Waals surface area (Å²) in [5, 5.41) is 4.40. The molecule has 8 nitrogen and oxygen atoms in total. The molecule has 0 radical (unpaired) electrons. The fourth-order valence-electron chi connectivity index (χ4n) is 3.43. The van der Waals surface area contributed by atoms with E-state index in [9.17, 15) is 19.2 Å². The lowest BCUT2D eigenvalue weighted by atomic mass is 10.1. The lowest BCUT2D eigenvalue weighted by Crippen LogP contribution is -2.40. The van der Waals surface area contributed by atoms with Gasteiger partial charge in [-0.25, -0.2) is 9.36 Å². The molecule has 0 saturated heterocycles. The maximum atomic E-state index is 13.4. The highest BCUT2D eigenvalue weighted by Crippen LogP contribution is 2.22. The molecule has 0 bridgehead atoms. The van der Waals surface area contributed by atoms with Crippen LogP contribution < -0.4 is 21.3 Å². The molecule has 1 amide bonds. The van der Waals surface area contributed by atoms with E-state index in [1.807, 2.05) is 0 Å². The van der Waals surface area contributed by atoms with E-state index in [-0.39, 0.29) is 12.3 Å². The van der Waals surface area contributed by atoms with E-state index in [1.165, 1.54) is 29.9 Å². The number of para-hydroxylation sites is 2. The van der Waals surface area contributed by atoms with Crippen LogP contribution in [0.2, 0.25) is 0 Å². The van der Waals surface area contributed by atoms with Crippen molar-refractivity contribution in [3.63, 3.8) is 0 Å². The smallest absolute Gasteiger partial charge is 0.336 e. The summed E-state index contributed by atoms with van der Waals surface area (Å²) in [7, 11) is 1.45. The molecule has 9 heteroatoms. The Hall–Kier alpha value is -3.98. The summed E-state index contributed by atoms with van der Waals surface area (Å²) in [6, 6.07) is 14.9. The molecule has 1 N–H and O–H groups in total. The van der Waals surface area contributed by atoms with Gasteiger partial charge in [0.2, 0.25) is 5.91 Å². The zero-order valence-electron chi connectivity index (χ0n) is 17.3. The van der Waals surface area contributed by atoms with Gasteiger partial charge in [-0.15, -0.1) is 11.3 Å². The van der Waals surface area contributed by atoms with E-state index in [0.717, 1.165) is 4.57 Å². The summed E-state index contributed by atoms with van der Waals surface area (Å²) < 4.78 is 7.94. The summed E-state index contributed by atoms with van der Waals surface area (Å²) in [5.74, 6) is -0.230. The van der Waals surface area contributed by atoms with E-state index in [4.69, 9.17) is 4.74 Å². The summed E-state index contributed by atoms with van der Waals surface area (Å²) in [6.45, 7) is 1.13. The Morgan fingerprint density at radius 2 is 1.84 bits per heavy atom. The average molecular weight is 449 g/mol. The van der Waals surface area contributed by atoms with Crippen molar-refractivity contribution in [2.24, 2.45) is 0 Å². The van der Waals surface area contributed by atoms with Crippen LogP contribution in [0.5, 0.6) is 5.75 Å². The number of rotatable bonds is 6. The first-order valence-electron chi connectivity index (χ1n) is 9.68. The number of methoxy groups -OCH3 is 1. The number of nitrogens with zero attached hydrogens (tertiary/aromatic N) is 2. The van der Waals surface area contributed by atoms with Crippen molar-refractivity contribution < 1.29 is 14.3 Å². The van der Waals surface area contributed by atoms with E-state index in [2.05, 4.69) is 5.32 Å². The molecule has 2 heterocycles. The molecular formula is C23H19N3O5S. The molecule has 162 valence electrons. The van der Waals surface area contributed by atoms with Crippen LogP contribution in [0.3, 0.4) is 0 Å². The van der Waals surface area contributed by atoms with Crippen molar-refractivity contribution in [1.82, 2.24) is 9.13 Å². The maximum absolute atomic E-state index is 13.4. The molecule has 2 aromatic heterocycles. The third-order valence-corrected chi connectivity index (χ3v) is 5.83. The second-order valence-corrected chi connectivity index (χ2v) is 7.92. The molecule has 0 saturated carbocycles. The Kier molecular flexibility index (Phi) is 5.74. The van der Waals surface area contributed by atoms with Crippen molar-refractivity contribution >= 4 is 38.9 Å². The van der Waals surface area contributed by atoms with Crippen LogP contribution in [0.25, 0.3) is 15.9 Å². The number of nitrogens with one attached hydrogen (secondary N) is 1. The Balaban J connectivity index is 1.78. The third-order valence-electron chi connectivity index (χ3n) is 4.94. The molecule has 0 unspecified atom stereocenters. The number of carbonyl (C=O) groups is 2. The summed E-state index contributed by atoms with van der Waals surface area (Å²) in [6.07, 6.45) is 0. The zero-order chi connectivity index (χ0) is 22.8. The van der Waals surface area contributed by atoms with Gasteiger partial charge in [0.1, 0.15) is 17.0 Å². The number of fused-ring (bicyclic) bond motifs is 1. The summed E-state index contributed by atoms with van der Waals surface area (Å²) in [4.78, 5) is 50.8. The quantitative estimate of drug-likeness (QED) is 0.456. The Labute approximate surface area is 186 Å². The number of ether oxygens (including phenoxy) is 1. The monoisotopic (exact) mass is 449 g/mol. The standard InChI is InChI=1S/C23H19N3O5S/c1-14(27)15-6-5-7-16(12-15)24-20(28)13-25-18-10-11-32-21(18)22(29)26(23(25)30)17-8-3-4-9-19(17)31-2/h3-12H,13H2,1-2H3,(H,24,28). The van der Waals surface area contributed by atoms with Gasteiger partial charge in [-0.05, 0) is 42.6 Å². The Morgan fingerprint density at radius 1 is 1.06 bits per heavy atom. The van der Waals surface area contributed by atoms with Crippen LogP contribution in [-0.2, 0) is 11.3 Å². The predicted octanol–water partition coefficient (Wildman–Crippen LogP) is 3.06. The number of carbonyl (C=O) groups excluding carboxylic acids is 2. The number of hydrogen-bond acceptors (Lipinski definition) is 6. The minimum Gasteiger partial charge on any atom is -0.495 e. The fraction of sp³-hybridized carbons (Fsp3) is 0.130. The molecule has 0 atom stereocenters. The van der Waals surface area contributed by atoms with Crippen LogP contribution in [-0.4, -0.2) is 27.9 Å². The zero-order valence-corrected chi connectivity index (χ0v) is 18.1. The number of anilines is 1. The first-order chi connectivity index (χ1) is 15.4. The highest BCUT2D eigenvalue weighted by atomic mass is 32.1. The summed E-state index contributed by atoms with van der Waals surface area (Å²) >= 11 is 1.19. The van der Waals surface area contributed by atoms with Gasteiger partial charge in [0, 0.05) is 11.3 Å². The number of hydrogen-bond donors (Lipinski definition) is 1. The highest BCUT2D eigenvalue weighted by molar-refractivity contribution is 7.17. The lowest BCUT2D eigenvalue weighted by molar-refractivity contribution is -0.116. The number of amides is 1. The number of benzene rings is 2. The summed E-state index contributed by atoms with van der Waals surface area (Å²) in [5.41, 5.74) is 0.445. The SMILES string of the molecule is COc1ccccc1-n1c(=O)c2sccc2n(CC(=O)Nc2cccc(C(C)=O)c2)c1=O. The molecular weight excluding hydrogens is 430 g/mol. The van der Waals surface area contributed by atoms with Gasteiger partial charge in [0.25, 0.3) is 5.56 Å². The molecule has 0 fully saturated rings. The molecule has 0 aliphatic heterocycles. The molecule has 4 aromatic rings. The Morgan fingerprint density at radius 3 is 2.59 bits per heavy atom. The van der Waals surface area contributed by atoms with Gasteiger partial charge < -0.3 is 10.1 Å². The van der Waals surface area contributed by atoms with Crippen LogP contribution in [0.4, 0.5) is 5.69 Å². The van der Waals surface area contributed by atoms with Crippen LogP contribution in [0, 0.1) is 0 Å². The van der Waals surface area contributed by atoms with Crippen LogP contribution in [0.1, 0.15) is 17.3 Å². The predicted molar refractivity (Wildman–Crippen MR) is 123 cm³/mol. The van der Waals surface area contributed by atoms with Gasteiger partial charge in [-0.3, -0.25) is 19.0 Å². The molecule has 0 aliphatic rings. The second kappa shape index (κ2) is 8.64. The third kappa shape index (κ3) is 3.85. The van der Waals surface area contributed by atoms with Crippen LogP contribution in [0.15, 0.2) is 69.6 Å². The lowest BCUT2D eigenvalue weighted by Gasteiger charge is -2.14. The molecule has 32 heavy (non-hydrogen) atoms. The molecule has 4 rings (SSSR count). The van der Waals surface area contributed by atoms with Gasteiger partial charge in [-0.2, -0.15) is 0 Å². The van der Waals surface area contributed by atoms with Crippen molar-refractivity contribution in [2.45, 2.75) is 13.5 Å². The first-order valence-corrected chi connectivity index (χ1v) is 10.6. The molecule has 0 spiro atoms. The number of aromatic nitrogens is 2. The molecule has 2 aromatic carbocycles. The molecule has 0 aliphatic carbocycles. The van der Waals surface area contributed by atoms with Gasteiger partial charge in [0.15, 0.2) is 5.78 Å². The topological polar surface area (TPSA) is 99.4 Å². The minimum absolute atomic E-state index is 0.124.